The van der Waals surface area contributed by atoms with E-state index in [0.717, 1.165) is 5.56 Å². The first-order valence-corrected chi connectivity index (χ1v) is 4.88. The van der Waals surface area contributed by atoms with Crippen LogP contribution in [0.1, 0.15) is 34.7 Å². The minimum atomic E-state index is -2.66. The van der Waals surface area contributed by atoms with Gasteiger partial charge in [0, 0.05) is 18.8 Å². The van der Waals surface area contributed by atoms with Gasteiger partial charge >= 0.3 is 0 Å². The van der Waals surface area contributed by atoms with Gasteiger partial charge in [-0.25, -0.2) is 8.78 Å². The standard InChI is InChI=1S/C11H12F2O2/c1-6-3-9(15-7(6)2)10(14)8-4-11(12,13)5-8/h3,8H,4-5H2,1-2H3. The molecule has 0 bridgehead atoms. The van der Waals surface area contributed by atoms with E-state index in [-0.39, 0.29) is 24.4 Å². The monoisotopic (exact) mass is 214 g/mol. The molecular weight excluding hydrogens is 202 g/mol. The van der Waals surface area contributed by atoms with Crippen LogP contribution in [-0.4, -0.2) is 11.7 Å². The minimum absolute atomic E-state index is 0.213. The topological polar surface area (TPSA) is 30.2 Å². The highest BCUT2D eigenvalue weighted by Crippen LogP contribution is 2.44. The highest BCUT2D eigenvalue weighted by Gasteiger charge is 2.49. The Labute approximate surface area is 86.3 Å². The fraction of sp³-hybridized carbons (Fsp3) is 0.545. The van der Waals surface area contributed by atoms with Crippen LogP contribution in [0.3, 0.4) is 0 Å². The van der Waals surface area contributed by atoms with Gasteiger partial charge in [-0.2, -0.15) is 0 Å². The maximum absolute atomic E-state index is 12.6. The molecule has 0 aliphatic heterocycles. The van der Waals surface area contributed by atoms with E-state index in [9.17, 15) is 13.6 Å². The van der Waals surface area contributed by atoms with Gasteiger partial charge in [-0.15, -0.1) is 0 Å². The summed E-state index contributed by atoms with van der Waals surface area (Å²) in [6, 6.07) is 1.62. The molecule has 82 valence electrons. The molecule has 1 aliphatic rings. The summed E-state index contributed by atoms with van der Waals surface area (Å²) >= 11 is 0. The molecule has 2 rings (SSSR count). The average molecular weight is 214 g/mol. The number of furan rings is 1. The van der Waals surface area contributed by atoms with Crippen molar-refractivity contribution >= 4 is 5.78 Å². The lowest BCUT2D eigenvalue weighted by Crippen LogP contribution is -2.39. The molecule has 0 amide bonds. The summed E-state index contributed by atoms with van der Waals surface area (Å²) in [5.41, 5.74) is 0.879. The molecule has 1 heterocycles. The van der Waals surface area contributed by atoms with Gasteiger partial charge in [0.2, 0.25) is 11.7 Å². The van der Waals surface area contributed by atoms with Gasteiger partial charge in [0.25, 0.3) is 0 Å². The molecule has 0 N–H and O–H groups in total. The zero-order valence-electron chi connectivity index (χ0n) is 8.64. The van der Waals surface area contributed by atoms with Crippen molar-refractivity contribution in [3.63, 3.8) is 0 Å². The van der Waals surface area contributed by atoms with Crippen molar-refractivity contribution in [2.45, 2.75) is 32.6 Å². The molecule has 15 heavy (non-hydrogen) atoms. The minimum Gasteiger partial charge on any atom is -0.458 e. The molecule has 1 saturated carbocycles. The van der Waals surface area contributed by atoms with Gasteiger partial charge < -0.3 is 4.42 Å². The van der Waals surface area contributed by atoms with E-state index in [2.05, 4.69) is 0 Å². The number of halogens is 2. The molecule has 0 atom stereocenters. The van der Waals surface area contributed by atoms with Crippen LogP contribution >= 0.6 is 0 Å². The summed E-state index contributed by atoms with van der Waals surface area (Å²) in [6.45, 7) is 3.58. The van der Waals surface area contributed by atoms with E-state index < -0.39 is 11.8 Å². The second kappa shape index (κ2) is 3.15. The van der Waals surface area contributed by atoms with Crippen molar-refractivity contribution in [3.8, 4) is 0 Å². The Bertz CT molecular complexity index is 379. The van der Waals surface area contributed by atoms with Crippen LogP contribution in [0.5, 0.6) is 0 Å². The van der Waals surface area contributed by atoms with Crippen LogP contribution in [0.2, 0.25) is 0 Å². The van der Waals surface area contributed by atoms with Gasteiger partial charge in [-0.3, -0.25) is 4.79 Å². The molecule has 0 radical (unpaired) electrons. The zero-order valence-corrected chi connectivity index (χ0v) is 8.64. The summed E-state index contributed by atoms with van der Waals surface area (Å²) in [4.78, 5) is 11.7. The molecule has 1 aromatic heterocycles. The van der Waals surface area contributed by atoms with Crippen molar-refractivity contribution in [2.24, 2.45) is 5.92 Å². The Balaban J connectivity index is 2.10. The van der Waals surface area contributed by atoms with E-state index in [0.29, 0.717) is 5.76 Å². The SMILES string of the molecule is Cc1cc(C(=O)C2CC(F)(F)C2)oc1C. The third kappa shape index (κ3) is 1.80. The van der Waals surface area contributed by atoms with Gasteiger partial charge in [-0.05, 0) is 25.5 Å². The van der Waals surface area contributed by atoms with E-state index in [4.69, 9.17) is 4.42 Å². The van der Waals surface area contributed by atoms with Crippen LogP contribution in [0, 0.1) is 19.8 Å². The molecule has 0 spiro atoms. The molecule has 1 fully saturated rings. The quantitative estimate of drug-likeness (QED) is 0.708. The average Bonchev–Trinajstić information content (AvgIpc) is 2.42. The first-order chi connectivity index (χ1) is 6.89. The van der Waals surface area contributed by atoms with E-state index in [1.165, 1.54) is 0 Å². The fourth-order valence-electron chi connectivity index (χ4n) is 1.74. The highest BCUT2D eigenvalue weighted by molar-refractivity contribution is 5.96. The maximum Gasteiger partial charge on any atom is 0.249 e. The third-order valence-electron chi connectivity index (χ3n) is 2.87. The lowest BCUT2D eigenvalue weighted by Gasteiger charge is -2.33. The fourth-order valence-corrected chi connectivity index (χ4v) is 1.74. The van der Waals surface area contributed by atoms with Crippen LogP contribution in [0.15, 0.2) is 10.5 Å². The Hall–Kier alpha value is -1.19. The summed E-state index contributed by atoms with van der Waals surface area (Å²) < 4.78 is 30.3. The number of hydrogen-bond acceptors (Lipinski definition) is 2. The van der Waals surface area contributed by atoms with Crippen molar-refractivity contribution in [2.75, 3.05) is 0 Å². The highest BCUT2D eigenvalue weighted by atomic mass is 19.3. The molecule has 0 saturated heterocycles. The van der Waals surface area contributed by atoms with Crippen molar-refractivity contribution in [1.29, 1.82) is 0 Å². The van der Waals surface area contributed by atoms with Crippen LogP contribution in [0.25, 0.3) is 0 Å². The Kier molecular flexibility index (Phi) is 2.17. The van der Waals surface area contributed by atoms with Gasteiger partial charge in [0.05, 0.1) is 0 Å². The number of rotatable bonds is 2. The molecule has 4 heteroatoms. The summed E-state index contributed by atoms with van der Waals surface area (Å²) in [5, 5.41) is 0. The van der Waals surface area contributed by atoms with Crippen molar-refractivity contribution < 1.29 is 18.0 Å². The predicted octanol–water partition coefficient (Wildman–Crippen LogP) is 3.12. The summed E-state index contributed by atoms with van der Waals surface area (Å²) in [5.74, 6) is -2.63. The molecule has 1 aromatic rings. The zero-order chi connectivity index (χ0) is 11.2. The second-order valence-electron chi connectivity index (χ2n) is 4.18. The first kappa shape index (κ1) is 10.3. The normalized spacial score (nSPS) is 20.0. The van der Waals surface area contributed by atoms with E-state index >= 15 is 0 Å². The lowest BCUT2D eigenvalue weighted by molar-refractivity contribution is -0.0986. The van der Waals surface area contributed by atoms with Gasteiger partial charge in [0.1, 0.15) is 5.76 Å². The number of aryl methyl sites for hydroxylation is 2. The number of Topliss-reactive ketones (excluding diaryl/α,β-unsaturated/α-hetero) is 1. The summed E-state index contributed by atoms with van der Waals surface area (Å²) in [6.07, 6.45) is -0.685. The molecule has 1 aliphatic carbocycles. The van der Waals surface area contributed by atoms with Crippen molar-refractivity contribution in [1.82, 2.24) is 0 Å². The Morgan fingerprint density at radius 3 is 2.47 bits per heavy atom. The third-order valence-corrected chi connectivity index (χ3v) is 2.87. The number of carbonyl (C=O) groups excluding carboxylic acids is 1. The number of carbonyl (C=O) groups is 1. The Morgan fingerprint density at radius 2 is 2.07 bits per heavy atom. The van der Waals surface area contributed by atoms with Crippen molar-refractivity contribution in [3.05, 3.63) is 23.2 Å². The lowest BCUT2D eigenvalue weighted by atomic mass is 9.78. The smallest absolute Gasteiger partial charge is 0.249 e. The van der Waals surface area contributed by atoms with Gasteiger partial charge in [0.15, 0.2) is 5.76 Å². The maximum atomic E-state index is 12.6. The molecule has 0 aromatic carbocycles. The van der Waals surface area contributed by atoms with Crippen LogP contribution in [0.4, 0.5) is 8.78 Å². The molecular formula is C11H12F2O2. The summed E-state index contributed by atoms with van der Waals surface area (Å²) in [7, 11) is 0. The van der Waals surface area contributed by atoms with Crippen LogP contribution in [-0.2, 0) is 0 Å². The number of ketones is 1. The number of alkyl halides is 2. The largest absolute Gasteiger partial charge is 0.458 e. The Morgan fingerprint density at radius 1 is 1.47 bits per heavy atom. The second-order valence-corrected chi connectivity index (χ2v) is 4.18. The molecule has 2 nitrogen and oxygen atoms in total. The van der Waals surface area contributed by atoms with E-state index in [1.807, 2.05) is 6.92 Å². The predicted molar refractivity (Wildman–Crippen MR) is 50.2 cm³/mol. The van der Waals surface area contributed by atoms with Crippen LogP contribution < -0.4 is 0 Å². The first-order valence-electron chi connectivity index (χ1n) is 4.88. The van der Waals surface area contributed by atoms with Gasteiger partial charge in [-0.1, -0.05) is 0 Å². The number of hydrogen-bond donors (Lipinski definition) is 0. The van der Waals surface area contributed by atoms with E-state index in [1.54, 1.807) is 13.0 Å². The molecule has 0 unspecified atom stereocenters.